The van der Waals surface area contributed by atoms with Gasteiger partial charge in [0.1, 0.15) is 0 Å². The molecule has 0 N–H and O–H groups in total. The molecule has 0 saturated heterocycles. The highest BCUT2D eigenvalue weighted by Gasteiger charge is 2.66. The molecule has 1 atom stereocenters. The van der Waals surface area contributed by atoms with E-state index in [1.807, 2.05) is 17.5 Å². The van der Waals surface area contributed by atoms with E-state index in [-0.39, 0.29) is 5.54 Å². The topological polar surface area (TPSA) is 20.5 Å². The molecule has 4 bridgehead atoms. The van der Waals surface area contributed by atoms with Crippen LogP contribution in [0.25, 0.3) is 4.96 Å². The van der Waals surface area contributed by atoms with Gasteiger partial charge in [-0.3, -0.25) is 4.40 Å². The summed E-state index contributed by atoms with van der Waals surface area (Å²) in [6.07, 6.45) is 11.4. The van der Waals surface area contributed by atoms with E-state index in [0.717, 1.165) is 23.7 Å². The Bertz CT molecular complexity index is 1060. The van der Waals surface area contributed by atoms with Crippen LogP contribution in [0.3, 0.4) is 0 Å². The van der Waals surface area contributed by atoms with E-state index in [2.05, 4.69) is 53.6 Å². The van der Waals surface area contributed by atoms with Gasteiger partial charge >= 0.3 is 0 Å². The van der Waals surface area contributed by atoms with Gasteiger partial charge in [0.05, 0.1) is 22.2 Å². The molecule has 3 nitrogen and oxygen atoms in total. The number of anilines is 1. The number of imidazole rings is 1. The van der Waals surface area contributed by atoms with Crippen molar-refractivity contribution in [3.63, 3.8) is 0 Å². The molecule has 3 heterocycles. The van der Waals surface area contributed by atoms with Gasteiger partial charge < -0.3 is 4.90 Å². The van der Waals surface area contributed by atoms with Gasteiger partial charge in [0.25, 0.3) is 0 Å². The number of aromatic nitrogens is 2. The Morgan fingerprint density at radius 2 is 1.75 bits per heavy atom. The summed E-state index contributed by atoms with van der Waals surface area (Å²) in [5.74, 6) is 3.57. The van der Waals surface area contributed by atoms with Gasteiger partial charge in [-0.05, 0) is 81.3 Å². The largest absolute Gasteiger partial charge is 0.352 e. The van der Waals surface area contributed by atoms with Gasteiger partial charge in [-0.25, -0.2) is 4.98 Å². The van der Waals surface area contributed by atoms with E-state index in [0.29, 0.717) is 6.04 Å². The number of hydrogen-bond acceptors (Lipinski definition) is 3. The Labute approximate surface area is 170 Å². The molecule has 4 heteroatoms. The molecule has 0 amide bonds. The van der Waals surface area contributed by atoms with Gasteiger partial charge in [-0.15, -0.1) is 0 Å². The Kier molecular flexibility index (Phi) is 2.98. The number of nitrogens with zero attached hydrogens (tertiary/aromatic N) is 3. The van der Waals surface area contributed by atoms with Crippen LogP contribution in [0.5, 0.6) is 0 Å². The van der Waals surface area contributed by atoms with Crippen LogP contribution in [0.15, 0.2) is 36.7 Å². The molecule has 1 aliphatic heterocycles. The lowest BCUT2D eigenvalue weighted by atomic mass is 9.48. The number of rotatable bonds is 1. The monoisotopic (exact) mass is 389 g/mol. The van der Waals surface area contributed by atoms with Crippen molar-refractivity contribution in [1.82, 2.24) is 9.38 Å². The Morgan fingerprint density at radius 3 is 2.46 bits per heavy atom. The Balaban J connectivity index is 1.54. The summed E-state index contributed by atoms with van der Waals surface area (Å²) < 4.78 is 2.40. The first-order valence-corrected chi connectivity index (χ1v) is 11.8. The molecule has 4 aliphatic carbocycles. The molecular weight excluding hydrogens is 362 g/mol. The normalized spacial score (nSPS) is 38.1. The van der Waals surface area contributed by atoms with Crippen molar-refractivity contribution in [2.24, 2.45) is 23.7 Å². The van der Waals surface area contributed by atoms with Gasteiger partial charge in [-0.1, -0.05) is 29.5 Å². The van der Waals surface area contributed by atoms with Crippen molar-refractivity contribution in [3.05, 3.63) is 52.8 Å². The SMILES string of the molecule is Cc1ccccc1N1[C@@H](C)c2c(sc3nccn23)C12C1CC3CC(C1)CC2C3. The molecular formula is C24H27N3S. The highest BCUT2D eigenvalue weighted by Crippen LogP contribution is 2.69. The first kappa shape index (κ1) is 16.0. The van der Waals surface area contributed by atoms with Crippen LogP contribution in [0.2, 0.25) is 0 Å². The number of aryl methyl sites for hydroxylation is 1. The molecule has 1 aromatic carbocycles. The summed E-state index contributed by atoms with van der Waals surface area (Å²) in [6, 6.07) is 9.49. The Hall–Kier alpha value is -1.81. The first-order valence-electron chi connectivity index (χ1n) is 11.0. The average molecular weight is 390 g/mol. The third-order valence-corrected chi connectivity index (χ3v) is 9.82. The van der Waals surface area contributed by atoms with Crippen molar-refractivity contribution < 1.29 is 0 Å². The van der Waals surface area contributed by atoms with Gasteiger partial charge in [-0.2, -0.15) is 0 Å². The number of benzene rings is 1. The van der Waals surface area contributed by atoms with Crippen molar-refractivity contribution in [2.75, 3.05) is 4.90 Å². The fourth-order valence-electron chi connectivity index (χ4n) is 7.94. The molecule has 3 aromatic rings. The standard InChI is InChI=1S/C24H27N3S/c1-14-5-3-4-6-20(14)27-15(2)21-22(28-23-25-7-8-26(21)23)24(27)18-10-16-9-17(12-18)13-19(24)11-16/h3-8,15-19H,9-13H2,1-2H3/t15-,16?,17?,18?,19?,24?/m0/s1. The van der Waals surface area contributed by atoms with Crippen LogP contribution in [-0.2, 0) is 5.54 Å². The van der Waals surface area contributed by atoms with Crippen molar-refractivity contribution in [1.29, 1.82) is 0 Å². The minimum atomic E-state index is 0.194. The molecule has 5 aliphatic rings. The van der Waals surface area contributed by atoms with E-state index in [4.69, 9.17) is 4.98 Å². The maximum absolute atomic E-state index is 4.69. The summed E-state index contributed by atoms with van der Waals surface area (Å²) in [5, 5.41) is 0. The van der Waals surface area contributed by atoms with Crippen LogP contribution >= 0.6 is 11.3 Å². The summed E-state index contributed by atoms with van der Waals surface area (Å²) >= 11 is 1.99. The quantitative estimate of drug-likeness (QED) is 0.514. The molecule has 144 valence electrons. The van der Waals surface area contributed by atoms with Crippen molar-refractivity contribution in [2.45, 2.75) is 57.5 Å². The number of para-hydroxylation sites is 1. The molecule has 0 radical (unpaired) electrons. The van der Waals surface area contributed by atoms with Gasteiger partial charge in [0.15, 0.2) is 4.96 Å². The molecule has 4 saturated carbocycles. The maximum atomic E-state index is 4.69. The van der Waals surface area contributed by atoms with E-state index >= 15 is 0 Å². The van der Waals surface area contributed by atoms with Crippen LogP contribution in [-0.4, -0.2) is 9.38 Å². The lowest BCUT2D eigenvalue weighted by Gasteiger charge is -2.63. The highest BCUT2D eigenvalue weighted by molar-refractivity contribution is 7.17. The first-order chi connectivity index (χ1) is 13.7. The second kappa shape index (κ2) is 5.21. The Morgan fingerprint density at radius 1 is 1.04 bits per heavy atom. The van der Waals surface area contributed by atoms with E-state index in [1.165, 1.54) is 54.0 Å². The van der Waals surface area contributed by atoms with Crippen LogP contribution in [0.1, 0.15) is 61.2 Å². The average Bonchev–Trinajstić information content (AvgIpc) is 3.31. The van der Waals surface area contributed by atoms with Crippen molar-refractivity contribution >= 4 is 22.0 Å². The molecule has 1 spiro atoms. The molecule has 2 aromatic heterocycles. The molecule has 28 heavy (non-hydrogen) atoms. The predicted octanol–water partition coefficient (Wildman–Crippen LogP) is 5.94. The zero-order valence-electron chi connectivity index (χ0n) is 16.6. The third kappa shape index (κ3) is 1.71. The fourth-order valence-corrected chi connectivity index (χ4v) is 9.46. The fraction of sp³-hybridized carbons (Fsp3) is 0.542. The molecule has 8 rings (SSSR count). The summed E-state index contributed by atoms with van der Waals surface area (Å²) in [4.78, 5) is 10.4. The highest BCUT2D eigenvalue weighted by atomic mass is 32.1. The molecule has 4 fully saturated rings. The van der Waals surface area contributed by atoms with Crippen LogP contribution < -0.4 is 4.90 Å². The second-order valence-electron chi connectivity index (χ2n) is 9.86. The predicted molar refractivity (Wildman–Crippen MR) is 114 cm³/mol. The summed E-state index contributed by atoms with van der Waals surface area (Å²) in [5.41, 5.74) is 4.59. The zero-order chi connectivity index (χ0) is 18.6. The van der Waals surface area contributed by atoms with Crippen molar-refractivity contribution in [3.8, 4) is 0 Å². The van der Waals surface area contributed by atoms with Gasteiger partial charge in [0, 0.05) is 18.1 Å². The number of hydrogen-bond donors (Lipinski definition) is 0. The third-order valence-electron chi connectivity index (χ3n) is 8.60. The van der Waals surface area contributed by atoms with Crippen LogP contribution in [0.4, 0.5) is 5.69 Å². The summed E-state index contributed by atoms with van der Waals surface area (Å²) in [6.45, 7) is 4.74. The minimum Gasteiger partial charge on any atom is -0.352 e. The zero-order valence-corrected chi connectivity index (χ0v) is 17.5. The lowest BCUT2D eigenvalue weighted by molar-refractivity contribution is -0.0588. The second-order valence-corrected chi connectivity index (χ2v) is 10.8. The number of thiazole rings is 1. The van der Waals surface area contributed by atoms with E-state index < -0.39 is 0 Å². The lowest BCUT2D eigenvalue weighted by Crippen LogP contribution is -2.62. The maximum Gasteiger partial charge on any atom is 0.194 e. The van der Waals surface area contributed by atoms with Gasteiger partial charge in [0.2, 0.25) is 0 Å². The number of fused-ring (bicyclic) bond motifs is 3. The summed E-state index contributed by atoms with van der Waals surface area (Å²) in [7, 11) is 0. The molecule has 0 unspecified atom stereocenters. The van der Waals surface area contributed by atoms with E-state index in [9.17, 15) is 0 Å². The smallest absolute Gasteiger partial charge is 0.194 e. The minimum absolute atomic E-state index is 0.194. The van der Waals surface area contributed by atoms with Crippen LogP contribution in [0, 0.1) is 30.6 Å². The van der Waals surface area contributed by atoms with E-state index in [1.54, 1.807) is 4.88 Å².